The minimum Gasteiger partial charge on any atom is -0.344 e. The van der Waals surface area contributed by atoms with Crippen molar-refractivity contribution < 1.29 is 9.18 Å². The number of hydrogen-bond donors (Lipinski definition) is 2. The van der Waals surface area contributed by atoms with Crippen molar-refractivity contribution in [3.63, 3.8) is 0 Å². The quantitative estimate of drug-likeness (QED) is 0.664. The second-order valence-corrected chi connectivity index (χ2v) is 7.89. The predicted octanol–water partition coefficient (Wildman–Crippen LogP) is 3.00. The van der Waals surface area contributed by atoms with Crippen LogP contribution in [0.2, 0.25) is 0 Å². The summed E-state index contributed by atoms with van der Waals surface area (Å²) in [5.41, 5.74) is 2.18. The molecular weight excluding hydrogens is 411 g/mol. The number of rotatable bonds is 3. The van der Waals surface area contributed by atoms with Crippen LogP contribution in [0.3, 0.4) is 0 Å². The molecule has 4 rings (SSSR count). The maximum atomic E-state index is 13.7. The van der Waals surface area contributed by atoms with Gasteiger partial charge in [0.05, 0.1) is 11.5 Å². The fraction of sp³-hybridized carbons (Fsp3) is 0.208. The molecule has 2 aromatic carbocycles. The molecule has 0 aliphatic carbocycles. The zero-order valence-corrected chi connectivity index (χ0v) is 18.2. The van der Waals surface area contributed by atoms with Crippen molar-refractivity contribution in [1.29, 1.82) is 0 Å². The number of carbonyl (C=O) groups is 1. The second-order valence-electron chi connectivity index (χ2n) is 7.89. The van der Waals surface area contributed by atoms with Crippen molar-refractivity contribution >= 4 is 17.4 Å². The largest absolute Gasteiger partial charge is 0.344 e. The smallest absolute Gasteiger partial charge is 0.332 e. The van der Waals surface area contributed by atoms with E-state index in [1.165, 1.54) is 23.7 Å². The van der Waals surface area contributed by atoms with Crippen LogP contribution in [0.15, 0.2) is 69.4 Å². The molecule has 1 aliphatic rings. The van der Waals surface area contributed by atoms with E-state index >= 15 is 0 Å². The fourth-order valence-electron chi connectivity index (χ4n) is 4.08. The molecule has 0 spiro atoms. The van der Waals surface area contributed by atoms with Crippen molar-refractivity contribution in [3.05, 3.63) is 103 Å². The van der Waals surface area contributed by atoms with Gasteiger partial charge in [0.25, 0.3) is 11.5 Å². The van der Waals surface area contributed by atoms with Gasteiger partial charge in [-0.15, -0.1) is 0 Å². The molecule has 1 aliphatic heterocycles. The third-order valence-corrected chi connectivity index (χ3v) is 5.83. The van der Waals surface area contributed by atoms with Crippen molar-refractivity contribution in [3.8, 4) is 0 Å². The molecule has 1 aromatic heterocycles. The number of amides is 1. The Morgan fingerprint density at radius 3 is 2.31 bits per heavy atom. The number of allylic oxidation sites excluding steroid dienone is 1. The number of aromatic nitrogens is 2. The molecule has 0 saturated heterocycles. The van der Waals surface area contributed by atoms with Gasteiger partial charge < -0.3 is 10.6 Å². The summed E-state index contributed by atoms with van der Waals surface area (Å²) in [4.78, 5) is 39.2. The molecule has 2 heterocycles. The van der Waals surface area contributed by atoms with E-state index in [0.29, 0.717) is 28.3 Å². The lowest BCUT2D eigenvalue weighted by Crippen LogP contribution is -2.43. The van der Waals surface area contributed by atoms with Crippen molar-refractivity contribution in [2.75, 3.05) is 10.6 Å². The average molecular weight is 434 g/mol. The Labute approximate surface area is 183 Å². The van der Waals surface area contributed by atoms with Crippen LogP contribution >= 0.6 is 0 Å². The van der Waals surface area contributed by atoms with Gasteiger partial charge in [-0.05, 0) is 43.2 Å². The van der Waals surface area contributed by atoms with Crippen LogP contribution < -0.4 is 21.9 Å². The Hall–Kier alpha value is -3.94. The summed E-state index contributed by atoms with van der Waals surface area (Å²) in [6, 6.07) is 13.0. The first-order valence-electron chi connectivity index (χ1n) is 10.1. The van der Waals surface area contributed by atoms with Crippen molar-refractivity contribution in [2.24, 2.45) is 14.1 Å². The van der Waals surface area contributed by atoms with Gasteiger partial charge in [-0.25, -0.2) is 9.18 Å². The number of aryl methyl sites for hydroxylation is 1. The lowest BCUT2D eigenvalue weighted by molar-refractivity contribution is -0.113. The molecule has 0 unspecified atom stereocenters. The van der Waals surface area contributed by atoms with Gasteiger partial charge >= 0.3 is 5.69 Å². The standard InChI is InChI=1S/C24H23FN4O3/c1-13-7-5-6-8-17(13)27-22(30)18-14(2)26-21-20(23(31)29(4)24(32)28(21)3)19(18)15-9-11-16(25)12-10-15/h5-12,19,26H,1-4H3,(H,27,30)/t19-/m0/s1. The van der Waals surface area contributed by atoms with Crippen LogP contribution in [-0.2, 0) is 18.9 Å². The van der Waals surface area contributed by atoms with E-state index in [9.17, 15) is 18.8 Å². The number of benzene rings is 2. The first-order chi connectivity index (χ1) is 15.2. The van der Waals surface area contributed by atoms with E-state index in [2.05, 4.69) is 10.6 Å². The minimum absolute atomic E-state index is 0.252. The molecule has 2 N–H and O–H groups in total. The number of nitrogens with zero attached hydrogens (tertiary/aromatic N) is 2. The average Bonchev–Trinajstić information content (AvgIpc) is 2.77. The summed E-state index contributed by atoms with van der Waals surface area (Å²) in [6.45, 7) is 3.60. The first-order valence-corrected chi connectivity index (χ1v) is 10.1. The van der Waals surface area contributed by atoms with E-state index in [-0.39, 0.29) is 11.5 Å². The minimum atomic E-state index is -0.790. The van der Waals surface area contributed by atoms with E-state index in [4.69, 9.17) is 0 Å². The Morgan fingerprint density at radius 1 is 1.00 bits per heavy atom. The normalized spacial score (nSPS) is 15.2. The van der Waals surface area contributed by atoms with Gasteiger partial charge in [-0.3, -0.25) is 18.7 Å². The van der Waals surface area contributed by atoms with E-state index in [1.807, 2.05) is 25.1 Å². The SMILES string of the molecule is CC1=C(C(=O)Nc2ccccc2C)[C@H](c2ccc(F)cc2)c2c(n(C)c(=O)n(C)c2=O)N1. The summed E-state index contributed by atoms with van der Waals surface area (Å²) in [6.07, 6.45) is 0. The zero-order chi connectivity index (χ0) is 23.2. The van der Waals surface area contributed by atoms with Gasteiger partial charge in [0.15, 0.2) is 0 Å². The van der Waals surface area contributed by atoms with E-state index in [0.717, 1.165) is 10.1 Å². The number of carbonyl (C=O) groups excluding carboxylic acids is 1. The van der Waals surface area contributed by atoms with Gasteiger partial charge in [0, 0.05) is 31.1 Å². The van der Waals surface area contributed by atoms with E-state index < -0.39 is 23.0 Å². The van der Waals surface area contributed by atoms with E-state index in [1.54, 1.807) is 32.2 Å². The third kappa shape index (κ3) is 3.43. The number of halogens is 1. The Kier molecular flexibility index (Phi) is 5.30. The maximum absolute atomic E-state index is 13.7. The molecule has 7 nitrogen and oxygen atoms in total. The highest BCUT2D eigenvalue weighted by Gasteiger charge is 2.36. The van der Waals surface area contributed by atoms with Crippen LogP contribution in [0.25, 0.3) is 0 Å². The molecule has 0 fully saturated rings. The predicted molar refractivity (Wildman–Crippen MR) is 121 cm³/mol. The van der Waals surface area contributed by atoms with Crippen LogP contribution in [-0.4, -0.2) is 15.0 Å². The highest BCUT2D eigenvalue weighted by Crippen LogP contribution is 2.40. The molecule has 0 saturated carbocycles. The van der Waals surface area contributed by atoms with Gasteiger partial charge in [-0.1, -0.05) is 30.3 Å². The summed E-state index contributed by atoms with van der Waals surface area (Å²) >= 11 is 0. The summed E-state index contributed by atoms with van der Waals surface area (Å²) in [5.74, 6) is -1.29. The Balaban J connectivity index is 1.94. The zero-order valence-electron chi connectivity index (χ0n) is 18.2. The molecule has 8 heteroatoms. The number of anilines is 2. The van der Waals surface area contributed by atoms with Crippen LogP contribution in [0.1, 0.15) is 29.5 Å². The molecule has 1 atom stereocenters. The van der Waals surface area contributed by atoms with Gasteiger partial charge in [-0.2, -0.15) is 0 Å². The number of para-hydroxylation sites is 1. The molecule has 32 heavy (non-hydrogen) atoms. The van der Waals surface area contributed by atoms with Gasteiger partial charge in [0.2, 0.25) is 0 Å². The molecule has 0 radical (unpaired) electrons. The Morgan fingerprint density at radius 2 is 1.66 bits per heavy atom. The molecule has 0 bridgehead atoms. The fourth-order valence-corrected chi connectivity index (χ4v) is 4.08. The Bertz CT molecular complexity index is 1380. The van der Waals surface area contributed by atoms with Crippen LogP contribution in [0.4, 0.5) is 15.9 Å². The van der Waals surface area contributed by atoms with Crippen molar-refractivity contribution in [1.82, 2.24) is 9.13 Å². The number of nitrogens with one attached hydrogen (secondary N) is 2. The topological polar surface area (TPSA) is 85.1 Å². The summed E-state index contributed by atoms with van der Waals surface area (Å²) < 4.78 is 16.0. The molecule has 164 valence electrons. The van der Waals surface area contributed by atoms with Crippen LogP contribution in [0, 0.1) is 12.7 Å². The second kappa shape index (κ2) is 7.96. The lowest BCUT2D eigenvalue weighted by atomic mass is 9.81. The highest BCUT2D eigenvalue weighted by molar-refractivity contribution is 6.07. The molecule has 1 amide bonds. The monoisotopic (exact) mass is 434 g/mol. The van der Waals surface area contributed by atoms with Crippen molar-refractivity contribution in [2.45, 2.75) is 19.8 Å². The summed E-state index contributed by atoms with van der Waals surface area (Å²) in [5, 5.41) is 6.00. The maximum Gasteiger partial charge on any atom is 0.332 e. The molecule has 3 aromatic rings. The van der Waals surface area contributed by atoms with Crippen LogP contribution in [0.5, 0.6) is 0 Å². The number of fused-ring (bicyclic) bond motifs is 1. The summed E-state index contributed by atoms with van der Waals surface area (Å²) in [7, 11) is 2.95. The third-order valence-electron chi connectivity index (χ3n) is 5.83. The first kappa shape index (κ1) is 21.3. The highest BCUT2D eigenvalue weighted by atomic mass is 19.1. The lowest BCUT2D eigenvalue weighted by Gasteiger charge is -2.31. The number of hydrogen-bond acceptors (Lipinski definition) is 4. The molecular formula is C24H23FN4O3. The van der Waals surface area contributed by atoms with Gasteiger partial charge in [0.1, 0.15) is 11.6 Å².